The van der Waals surface area contributed by atoms with Crippen LogP contribution in [0.2, 0.25) is 5.15 Å². The van der Waals surface area contributed by atoms with Crippen molar-refractivity contribution in [3.8, 4) is 10.6 Å². The Bertz CT molecular complexity index is 478. The van der Waals surface area contributed by atoms with Gasteiger partial charge in [-0.3, -0.25) is 4.79 Å². The van der Waals surface area contributed by atoms with Crippen molar-refractivity contribution in [3.05, 3.63) is 33.2 Å². The Morgan fingerprint density at radius 1 is 1.54 bits per heavy atom. The molecule has 0 spiro atoms. The number of aromatic nitrogens is 3. The molecule has 4 nitrogen and oxygen atoms in total. The lowest BCUT2D eigenvalue weighted by Gasteiger charge is -1.95. The second-order valence-corrected chi connectivity index (χ2v) is 3.58. The Labute approximate surface area is 82.2 Å². The molecule has 0 amide bonds. The van der Waals surface area contributed by atoms with Crippen molar-refractivity contribution in [1.29, 1.82) is 0 Å². The highest BCUT2D eigenvalue weighted by atomic mass is 35.5. The molecule has 0 unspecified atom stereocenters. The third-order valence-electron chi connectivity index (χ3n) is 1.43. The molecule has 0 aliphatic carbocycles. The quantitative estimate of drug-likeness (QED) is 0.732. The molecule has 2 rings (SSSR count). The fraction of sp³-hybridized carbons (Fsp3) is 0. The number of aromatic amines is 1. The predicted octanol–water partition coefficient (Wildman–Crippen LogP) is 1.55. The lowest BCUT2D eigenvalue weighted by atomic mass is 10.3. The maximum absolute atomic E-state index is 10.8. The second-order valence-electron chi connectivity index (χ2n) is 2.26. The van der Waals surface area contributed by atoms with E-state index in [1.54, 1.807) is 18.3 Å². The Balaban J connectivity index is 2.58. The lowest BCUT2D eigenvalue weighted by Crippen LogP contribution is -1.90. The van der Waals surface area contributed by atoms with Crippen LogP contribution >= 0.6 is 22.9 Å². The van der Waals surface area contributed by atoms with Crippen LogP contribution in [0.15, 0.2) is 23.1 Å². The van der Waals surface area contributed by atoms with Crippen LogP contribution in [0, 0.1) is 0 Å². The van der Waals surface area contributed by atoms with E-state index in [0.717, 1.165) is 11.3 Å². The Hall–Kier alpha value is -1.20. The maximum atomic E-state index is 10.8. The summed E-state index contributed by atoms with van der Waals surface area (Å²) in [5, 5.41) is 7.03. The highest BCUT2D eigenvalue weighted by Crippen LogP contribution is 2.24. The van der Waals surface area contributed by atoms with Gasteiger partial charge in [0.2, 0.25) is 0 Å². The third-order valence-corrected chi connectivity index (χ3v) is 2.51. The molecule has 0 aliphatic rings. The maximum Gasteiger partial charge on any atom is 0.322 e. The van der Waals surface area contributed by atoms with Crippen molar-refractivity contribution in [2.24, 2.45) is 0 Å². The van der Waals surface area contributed by atoms with Gasteiger partial charge in [-0.25, -0.2) is 10.1 Å². The van der Waals surface area contributed by atoms with Gasteiger partial charge in [-0.05, 0) is 12.1 Å². The van der Waals surface area contributed by atoms with Gasteiger partial charge in [0, 0.05) is 11.8 Å². The highest BCUT2D eigenvalue weighted by molar-refractivity contribution is 7.12. The molecule has 0 atom stereocenters. The molecule has 2 heterocycles. The van der Waals surface area contributed by atoms with Crippen molar-refractivity contribution < 1.29 is 0 Å². The van der Waals surface area contributed by atoms with Gasteiger partial charge in [-0.1, -0.05) is 22.9 Å². The van der Waals surface area contributed by atoms with Gasteiger partial charge < -0.3 is 0 Å². The molecule has 0 aliphatic heterocycles. The molecule has 6 heteroatoms. The minimum atomic E-state index is -0.199. The Kier molecular flexibility index (Phi) is 2.12. The number of nitrogens with one attached hydrogen (secondary N) is 1. The van der Waals surface area contributed by atoms with Crippen LogP contribution in [-0.4, -0.2) is 15.2 Å². The number of halogens is 1. The summed E-state index contributed by atoms with van der Waals surface area (Å²) in [5.74, 6) is 0. The van der Waals surface area contributed by atoms with Gasteiger partial charge in [0.1, 0.15) is 5.15 Å². The molecule has 0 saturated carbocycles. The molecule has 0 saturated heterocycles. The summed E-state index contributed by atoms with van der Waals surface area (Å²) < 4.78 is 0. The topological polar surface area (TPSA) is 58.6 Å². The second kappa shape index (κ2) is 3.27. The van der Waals surface area contributed by atoms with E-state index in [1.165, 1.54) is 0 Å². The van der Waals surface area contributed by atoms with Crippen molar-refractivity contribution in [2.45, 2.75) is 0 Å². The number of hydrogen-bond donors (Lipinski definition) is 1. The third kappa shape index (κ3) is 1.61. The van der Waals surface area contributed by atoms with Crippen molar-refractivity contribution in [3.63, 3.8) is 0 Å². The Morgan fingerprint density at radius 2 is 2.38 bits per heavy atom. The first-order valence-electron chi connectivity index (χ1n) is 3.44. The number of H-pyrrole nitrogens is 1. The van der Waals surface area contributed by atoms with Gasteiger partial charge in [0.25, 0.3) is 0 Å². The Morgan fingerprint density at radius 3 is 3.00 bits per heavy atom. The molecule has 2 aromatic heterocycles. The van der Waals surface area contributed by atoms with Gasteiger partial charge in [-0.15, -0.1) is 0 Å². The van der Waals surface area contributed by atoms with Crippen LogP contribution in [0.4, 0.5) is 0 Å². The SMILES string of the molecule is O=c1[nH]nc(-c2cccnc2Cl)s1. The standard InChI is InChI=1S/C7H4ClN3OS/c8-5-4(2-1-3-9-5)6-10-11-7(12)13-6/h1-3H,(H,11,12). The molecule has 0 bridgehead atoms. The van der Waals surface area contributed by atoms with Crippen molar-refractivity contribution in [1.82, 2.24) is 15.2 Å². The average Bonchev–Trinajstić information content (AvgIpc) is 2.53. The summed E-state index contributed by atoms with van der Waals surface area (Å²) in [6.45, 7) is 0. The molecule has 0 aromatic carbocycles. The van der Waals surface area contributed by atoms with E-state index in [2.05, 4.69) is 15.2 Å². The molecule has 0 radical (unpaired) electrons. The van der Waals surface area contributed by atoms with Gasteiger partial charge in [0.05, 0.1) is 0 Å². The minimum Gasteiger partial charge on any atom is -0.255 e. The monoisotopic (exact) mass is 213 g/mol. The zero-order chi connectivity index (χ0) is 9.26. The van der Waals surface area contributed by atoms with E-state index in [4.69, 9.17) is 11.6 Å². The number of hydrogen-bond acceptors (Lipinski definition) is 4. The van der Waals surface area contributed by atoms with Crippen molar-refractivity contribution in [2.75, 3.05) is 0 Å². The summed E-state index contributed by atoms with van der Waals surface area (Å²) in [5.41, 5.74) is 0.674. The zero-order valence-corrected chi connectivity index (χ0v) is 7.89. The summed E-state index contributed by atoms with van der Waals surface area (Å²) in [4.78, 5) is 14.5. The first-order valence-corrected chi connectivity index (χ1v) is 4.63. The fourth-order valence-corrected chi connectivity index (χ4v) is 1.79. The molecular formula is C7H4ClN3OS. The van der Waals surface area contributed by atoms with E-state index < -0.39 is 0 Å². The van der Waals surface area contributed by atoms with Crippen LogP contribution in [-0.2, 0) is 0 Å². The molecule has 13 heavy (non-hydrogen) atoms. The lowest BCUT2D eigenvalue weighted by molar-refractivity contribution is 1.06. The largest absolute Gasteiger partial charge is 0.322 e. The molecule has 0 fully saturated rings. The molecule has 2 aromatic rings. The summed E-state index contributed by atoms with van der Waals surface area (Å²) in [6.07, 6.45) is 1.58. The average molecular weight is 214 g/mol. The van der Waals surface area contributed by atoms with Gasteiger partial charge >= 0.3 is 4.87 Å². The van der Waals surface area contributed by atoms with Gasteiger partial charge in [0.15, 0.2) is 5.01 Å². The number of pyridine rings is 1. The normalized spacial score (nSPS) is 10.2. The first kappa shape index (κ1) is 8.40. The van der Waals surface area contributed by atoms with Crippen LogP contribution in [0.3, 0.4) is 0 Å². The van der Waals surface area contributed by atoms with E-state index in [1.807, 2.05) is 0 Å². The zero-order valence-electron chi connectivity index (χ0n) is 6.32. The number of nitrogens with zero attached hydrogens (tertiary/aromatic N) is 2. The molecule has 66 valence electrons. The van der Waals surface area contributed by atoms with Crippen LogP contribution in [0.1, 0.15) is 0 Å². The van der Waals surface area contributed by atoms with Crippen molar-refractivity contribution >= 4 is 22.9 Å². The van der Waals surface area contributed by atoms with E-state index in [9.17, 15) is 4.79 Å². The fourth-order valence-electron chi connectivity index (χ4n) is 0.891. The smallest absolute Gasteiger partial charge is 0.255 e. The van der Waals surface area contributed by atoms with E-state index in [-0.39, 0.29) is 4.87 Å². The summed E-state index contributed by atoms with van der Waals surface area (Å²) in [6, 6.07) is 3.51. The van der Waals surface area contributed by atoms with E-state index >= 15 is 0 Å². The van der Waals surface area contributed by atoms with Crippen LogP contribution < -0.4 is 4.87 Å². The van der Waals surface area contributed by atoms with Gasteiger partial charge in [-0.2, -0.15) is 5.10 Å². The van der Waals surface area contributed by atoms with Crippen LogP contribution in [0.5, 0.6) is 0 Å². The number of rotatable bonds is 1. The van der Waals surface area contributed by atoms with E-state index in [0.29, 0.717) is 15.7 Å². The highest BCUT2D eigenvalue weighted by Gasteiger charge is 2.07. The first-order chi connectivity index (χ1) is 6.27. The molecule has 1 N–H and O–H groups in total. The molecular weight excluding hydrogens is 210 g/mol. The summed E-state index contributed by atoms with van der Waals surface area (Å²) >= 11 is 6.82. The predicted molar refractivity (Wildman–Crippen MR) is 51.0 cm³/mol. The minimum absolute atomic E-state index is 0.199. The van der Waals surface area contributed by atoms with Crippen LogP contribution in [0.25, 0.3) is 10.6 Å². The summed E-state index contributed by atoms with van der Waals surface area (Å²) in [7, 11) is 0.